The average molecular weight is 440 g/mol. The van der Waals surface area contributed by atoms with Crippen molar-refractivity contribution in [1.29, 1.82) is 0 Å². The van der Waals surface area contributed by atoms with E-state index in [0.717, 1.165) is 17.7 Å². The molecule has 0 heterocycles. The molecule has 158 valence electrons. The fourth-order valence-electron chi connectivity index (χ4n) is 2.85. The molecule has 0 radical (unpaired) electrons. The highest BCUT2D eigenvalue weighted by molar-refractivity contribution is 7.86. The van der Waals surface area contributed by atoms with E-state index in [0.29, 0.717) is 16.7 Å². The van der Waals surface area contributed by atoms with Gasteiger partial charge >= 0.3 is 10.2 Å². The van der Waals surface area contributed by atoms with Crippen LogP contribution >= 0.6 is 0 Å². The van der Waals surface area contributed by atoms with Crippen molar-refractivity contribution in [3.63, 3.8) is 0 Å². The van der Waals surface area contributed by atoms with E-state index in [1.54, 1.807) is 18.2 Å². The minimum Gasteiger partial charge on any atom is -0.322 e. The van der Waals surface area contributed by atoms with Gasteiger partial charge in [0.05, 0.1) is 9.82 Å². The van der Waals surface area contributed by atoms with Crippen molar-refractivity contribution in [2.45, 2.75) is 11.8 Å². The number of aryl methyl sites for hydroxylation is 1. The van der Waals surface area contributed by atoms with Gasteiger partial charge in [-0.2, -0.15) is 8.42 Å². The first-order valence-electron chi connectivity index (χ1n) is 9.03. The van der Waals surface area contributed by atoms with E-state index in [4.69, 9.17) is 0 Å². The third-order valence-electron chi connectivity index (χ3n) is 4.38. The second-order valence-electron chi connectivity index (χ2n) is 6.69. The van der Waals surface area contributed by atoms with Crippen molar-refractivity contribution in [1.82, 2.24) is 0 Å². The molecule has 3 rings (SSSR count). The Labute approximate surface area is 178 Å². The van der Waals surface area contributed by atoms with Crippen LogP contribution in [0, 0.1) is 17.0 Å². The van der Waals surface area contributed by atoms with Gasteiger partial charge in [-0.05, 0) is 60.5 Å². The Bertz CT molecular complexity index is 1270. The van der Waals surface area contributed by atoms with Crippen LogP contribution in [0.2, 0.25) is 0 Å². The number of benzene rings is 3. The fraction of sp³-hybridized carbons (Fsp3) is 0.0455. The standard InChI is InChI=1S/C22H17FN2O5S/c1-15-3-2-4-17(13-15)21(14-16-5-9-19(10-6-16)25(27)28)22(26)24-18-7-11-20(12-8-18)31(23,29)30/h2-14H,1H3,(H,24,26). The Morgan fingerprint density at radius 3 is 2.23 bits per heavy atom. The second kappa shape index (κ2) is 8.88. The third kappa shape index (κ3) is 5.61. The molecule has 9 heteroatoms. The van der Waals surface area contributed by atoms with Gasteiger partial charge in [0, 0.05) is 23.4 Å². The molecule has 3 aromatic rings. The van der Waals surface area contributed by atoms with Crippen LogP contribution in [0.15, 0.2) is 77.7 Å². The van der Waals surface area contributed by atoms with E-state index in [1.807, 2.05) is 19.1 Å². The highest BCUT2D eigenvalue weighted by Crippen LogP contribution is 2.24. The van der Waals surface area contributed by atoms with Gasteiger partial charge in [-0.3, -0.25) is 14.9 Å². The summed E-state index contributed by atoms with van der Waals surface area (Å²) in [5.74, 6) is -0.486. The zero-order chi connectivity index (χ0) is 22.6. The number of rotatable bonds is 6. The number of non-ortho nitro benzene ring substituents is 1. The summed E-state index contributed by atoms with van der Waals surface area (Å²) in [5.41, 5.74) is 2.63. The quantitative estimate of drug-likeness (QED) is 0.196. The van der Waals surface area contributed by atoms with Crippen molar-refractivity contribution in [3.8, 4) is 0 Å². The van der Waals surface area contributed by atoms with Crippen LogP contribution in [0.3, 0.4) is 0 Å². The highest BCUT2D eigenvalue weighted by atomic mass is 32.3. The molecule has 1 amide bonds. The molecule has 0 aromatic heterocycles. The third-order valence-corrected chi connectivity index (χ3v) is 5.22. The van der Waals surface area contributed by atoms with Gasteiger partial charge in [0.25, 0.3) is 11.6 Å². The molecule has 0 unspecified atom stereocenters. The smallest absolute Gasteiger partial charge is 0.322 e. The molecule has 0 aliphatic rings. The van der Waals surface area contributed by atoms with E-state index in [2.05, 4.69) is 5.32 Å². The Hall–Kier alpha value is -3.85. The van der Waals surface area contributed by atoms with E-state index in [-0.39, 0.29) is 11.4 Å². The number of nitro benzene ring substituents is 1. The number of hydrogen-bond donors (Lipinski definition) is 1. The average Bonchev–Trinajstić information content (AvgIpc) is 2.72. The summed E-state index contributed by atoms with van der Waals surface area (Å²) in [6.07, 6.45) is 1.59. The second-order valence-corrected chi connectivity index (χ2v) is 8.04. The summed E-state index contributed by atoms with van der Waals surface area (Å²) in [4.78, 5) is 22.8. The zero-order valence-corrected chi connectivity index (χ0v) is 17.1. The van der Waals surface area contributed by atoms with Gasteiger partial charge in [0.2, 0.25) is 0 Å². The molecule has 0 fully saturated rings. The molecule has 0 bridgehead atoms. The zero-order valence-electron chi connectivity index (χ0n) is 16.3. The van der Waals surface area contributed by atoms with Crippen LogP contribution in [0.5, 0.6) is 0 Å². The molecule has 0 spiro atoms. The summed E-state index contributed by atoms with van der Waals surface area (Å²) in [7, 11) is -4.83. The number of nitro groups is 1. The lowest BCUT2D eigenvalue weighted by atomic mass is 10.00. The first-order chi connectivity index (χ1) is 14.6. The van der Waals surface area contributed by atoms with Crippen molar-refractivity contribution in [3.05, 3.63) is 99.6 Å². The number of nitrogens with one attached hydrogen (secondary N) is 1. The lowest BCUT2D eigenvalue weighted by Gasteiger charge is -2.11. The van der Waals surface area contributed by atoms with E-state index in [1.165, 1.54) is 36.4 Å². The number of carbonyl (C=O) groups is 1. The van der Waals surface area contributed by atoms with Crippen LogP contribution < -0.4 is 5.32 Å². The molecule has 31 heavy (non-hydrogen) atoms. The number of carbonyl (C=O) groups excluding carboxylic acids is 1. The van der Waals surface area contributed by atoms with Gasteiger partial charge in [0.15, 0.2) is 0 Å². The lowest BCUT2D eigenvalue weighted by Crippen LogP contribution is -2.14. The van der Waals surface area contributed by atoms with Crippen LogP contribution in [-0.2, 0) is 15.0 Å². The fourth-order valence-corrected chi connectivity index (χ4v) is 3.31. The lowest BCUT2D eigenvalue weighted by molar-refractivity contribution is -0.384. The van der Waals surface area contributed by atoms with Gasteiger partial charge < -0.3 is 5.32 Å². The van der Waals surface area contributed by atoms with Gasteiger partial charge in [0.1, 0.15) is 0 Å². The Kier molecular flexibility index (Phi) is 6.26. The van der Waals surface area contributed by atoms with E-state index in [9.17, 15) is 27.2 Å². The van der Waals surface area contributed by atoms with Crippen molar-refractivity contribution < 1.29 is 22.0 Å². The molecule has 0 aliphatic carbocycles. The number of amides is 1. The monoisotopic (exact) mass is 440 g/mol. The predicted molar refractivity (Wildman–Crippen MR) is 116 cm³/mol. The number of hydrogen-bond acceptors (Lipinski definition) is 5. The van der Waals surface area contributed by atoms with Gasteiger partial charge in [-0.1, -0.05) is 29.8 Å². The minimum absolute atomic E-state index is 0.0680. The van der Waals surface area contributed by atoms with Crippen molar-refractivity contribution >= 4 is 39.2 Å². The van der Waals surface area contributed by atoms with Crippen molar-refractivity contribution in [2.24, 2.45) is 0 Å². The molecule has 0 saturated carbocycles. The number of halogens is 1. The van der Waals surface area contributed by atoms with E-state index < -0.39 is 25.9 Å². The van der Waals surface area contributed by atoms with Crippen LogP contribution in [-0.4, -0.2) is 19.2 Å². The Balaban J connectivity index is 1.96. The molecule has 1 N–H and O–H groups in total. The number of nitrogens with zero attached hydrogens (tertiary/aromatic N) is 1. The molecule has 0 aliphatic heterocycles. The highest BCUT2D eigenvalue weighted by Gasteiger charge is 2.15. The molecule has 0 atom stereocenters. The summed E-state index contributed by atoms with van der Waals surface area (Å²) in [5, 5.41) is 13.5. The number of anilines is 1. The summed E-state index contributed by atoms with van der Waals surface area (Å²) in [6, 6.07) is 17.6. The maximum Gasteiger partial charge on any atom is 0.332 e. The molecule has 3 aromatic carbocycles. The van der Waals surface area contributed by atoms with Crippen molar-refractivity contribution in [2.75, 3.05) is 5.32 Å². The SMILES string of the molecule is Cc1cccc(C(=Cc2ccc([N+](=O)[O-])cc2)C(=O)Nc2ccc(S(=O)(=O)F)cc2)c1. The Morgan fingerprint density at radius 1 is 1.03 bits per heavy atom. The van der Waals surface area contributed by atoms with Gasteiger partial charge in [-0.25, -0.2) is 0 Å². The van der Waals surface area contributed by atoms with Crippen LogP contribution in [0.4, 0.5) is 15.3 Å². The maximum absolute atomic E-state index is 13.1. The first kappa shape index (κ1) is 21.8. The minimum atomic E-state index is -4.83. The van der Waals surface area contributed by atoms with E-state index >= 15 is 0 Å². The topological polar surface area (TPSA) is 106 Å². The normalized spacial score (nSPS) is 11.7. The predicted octanol–water partition coefficient (Wildman–Crippen LogP) is 4.74. The van der Waals surface area contributed by atoms with Crippen LogP contribution in [0.1, 0.15) is 16.7 Å². The summed E-state index contributed by atoms with van der Waals surface area (Å²) in [6.45, 7) is 1.88. The summed E-state index contributed by atoms with van der Waals surface area (Å²) < 4.78 is 35.0. The first-order valence-corrected chi connectivity index (χ1v) is 10.4. The Morgan fingerprint density at radius 2 is 1.68 bits per heavy atom. The summed E-state index contributed by atoms with van der Waals surface area (Å²) >= 11 is 0. The molecular formula is C22H17FN2O5S. The molecular weight excluding hydrogens is 423 g/mol. The van der Waals surface area contributed by atoms with Gasteiger partial charge in [-0.15, -0.1) is 3.89 Å². The largest absolute Gasteiger partial charge is 0.332 e. The maximum atomic E-state index is 13.1. The molecule has 0 saturated heterocycles. The van der Waals surface area contributed by atoms with Crippen LogP contribution in [0.25, 0.3) is 11.6 Å². The molecule has 7 nitrogen and oxygen atoms in total.